The van der Waals surface area contributed by atoms with Gasteiger partial charge in [-0.1, -0.05) is 202 Å². The molecule has 0 unspecified atom stereocenters. The van der Waals surface area contributed by atoms with E-state index in [0.29, 0.717) is 102 Å². The summed E-state index contributed by atoms with van der Waals surface area (Å²) in [5.74, 6) is 16.6. The van der Waals surface area contributed by atoms with Crippen LogP contribution in [0.1, 0.15) is 403 Å². The van der Waals surface area contributed by atoms with Crippen LogP contribution in [0.2, 0.25) is 0 Å². The van der Waals surface area contributed by atoms with E-state index in [0.717, 1.165) is 171 Å². The van der Waals surface area contributed by atoms with Gasteiger partial charge in [0, 0.05) is 5.92 Å². The molecule has 8 nitrogen and oxygen atoms in total. The zero-order valence-corrected chi connectivity index (χ0v) is 87.6. The number of fused-ring (bicyclic) bond motifs is 20. The summed E-state index contributed by atoms with van der Waals surface area (Å²) in [4.78, 5) is 11.5. The minimum absolute atomic E-state index is 0. The molecular formula is C120H183BrMgO8. The Morgan fingerprint density at radius 1 is 0.300 bits per heavy atom. The van der Waals surface area contributed by atoms with Crippen LogP contribution in [0.3, 0.4) is 0 Å². The van der Waals surface area contributed by atoms with Crippen molar-refractivity contribution >= 4 is 29.3 Å². The Balaban J connectivity index is 0.000000136. The second kappa shape index (κ2) is 40.6. The van der Waals surface area contributed by atoms with E-state index < -0.39 is 22.4 Å². The van der Waals surface area contributed by atoms with E-state index in [1.54, 1.807) is 0 Å². The zero-order chi connectivity index (χ0) is 91.2. The number of hydrogen-bond acceptors (Lipinski definition) is 8. The molecule has 130 heavy (non-hydrogen) atoms. The number of halogens is 1. The molecule has 16 aliphatic carbocycles. The molecule has 16 aliphatic rings. The monoisotopic (exact) mass is 1860 g/mol. The Kier molecular flexibility index (Phi) is 32.3. The molecule has 16 saturated carbocycles. The maximum absolute atomic E-state index is 11.5. The average Bonchev–Trinajstić information content (AvgIpc) is 1.48. The molecule has 7 N–H and O–H groups in total. The Bertz CT molecular complexity index is 3920. The fraction of sp³-hybridized carbons (Fsp3) is 0.792. The first-order chi connectivity index (χ1) is 60.9. The molecule has 4 aromatic carbocycles. The number of carbonyl (C=O) groups excluding carboxylic acids is 1. The van der Waals surface area contributed by atoms with Gasteiger partial charge in [-0.15, -0.1) is 0 Å². The minimum Gasteiger partial charge on any atom is -1.00 e. The van der Waals surface area contributed by atoms with Crippen LogP contribution in [0.25, 0.3) is 0 Å². The summed E-state index contributed by atoms with van der Waals surface area (Å²) in [6, 6.07) is 43.5. The molecule has 39 atom stereocenters. The fourth-order valence-corrected chi connectivity index (χ4v) is 38.1. The number of hydrogen-bond donors (Lipinski definition) is 7. The van der Waals surface area contributed by atoms with E-state index in [-0.39, 0.29) is 64.3 Å². The second-order valence-electron chi connectivity index (χ2n) is 50.9. The molecule has 10 heteroatoms. The Morgan fingerprint density at radius 2 is 0.523 bits per heavy atom. The van der Waals surface area contributed by atoms with Crippen molar-refractivity contribution in [2.75, 3.05) is 0 Å². The maximum atomic E-state index is 11.5. The maximum Gasteiger partial charge on any atom is 2.00 e. The molecular weight excluding hydrogens is 1670 g/mol. The Hall–Kier alpha value is -2.48. The molecule has 16 fully saturated rings. The molecule has 0 aliphatic heterocycles. The van der Waals surface area contributed by atoms with E-state index in [9.17, 15) is 40.5 Å². The SMILES string of the molecule is CC[C@]1(O)CC[C@@]2(C)[C@@H](CC[C@@H]3[C@@H]2CC[C@]2(C)[C@@H]([C@H](C)C=O)CC[C@@H]32)C1.CC[C@]1(O)CC[C@@]2(C)[C@@H](CC[C@@H]3[C@@H]2CC[C@]2(C)[C@@H]([C@H](C)[C@@H](O)c4ccccc4)CC[C@@H]32)C1.CC[C@]1(O)CC[C@@]2(C)[C@@H](CC[C@@H]3[C@@H]2CC[C@]2(C)[C@@H]([C@H](C)[C@H](O)c4ccccc4)CC[C@@H]32)C1.CC[C@]1(O)CC[C@@]2(C)[C@@H](CC[C@@H]3[C@@H]2CC[C@]2(C)[C@@H]([C@H](C)[C@H](O)c4ccccc4)CC[C@@H]32)C1.[Br-].[Mg+2].[c-]1ccccc1. The number of aliphatic hydroxyl groups is 7. The first-order valence-electron chi connectivity index (χ1n) is 54.4. The third-order valence-electron chi connectivity index (χ3n) is 46.5. The summed E-state index contributed by atoms with van der Waals surface area (Å²) < 4.78 is 0. The van der Waals surface area contributed by atoms with Crippen molar-refractivity contribution in [2.24, 2.45) is 185 Å². The van der Waals surface area contributed by atoms with Crippen LogP contribution in [0.15, 0.2) is 121 Å². The van der Waals surface area contributed by atoms with Crippen molar-refractivity contribution in [2.45, 2.75) is 408 Å². The molecule has 0 spiro atoms. The molecule has 720 valence electrons. The van der Waals surface area contributed by atoms with Gasteiger partial charge in [-0.05, 0) is 453 Å². The zero-order valence-electron chi connectivity index (χ0n) is 84.6. The topological polar surface area (TPSA) is 159 Å². The quantitative estimate of drug-likeness (QED) is 0.0352. The van der Waals surface area contributed by atoms with Crippen molar-refractivity contribution in [1.82, 2.24) is 0 Å². The van der Waals surface area contributed by atoms with Crippen LogP contribution >= 0.6 is 0 Å². The van der Waals surface area contributed by atoms with Crippen LogP contribution in [0, 0.1) is 191 Å². The van der Waals surface area contributed by atoms with Gasteiger partial charge in [0.15, 0.2) is 0 Å². The van der Waals surface area contributed by atoms with Crippen LogP contribution in [0.4, 0.5) is 0 Å². The third-order valence-corrected chi connectivity index (χ3v) is 46.5. The van der Waals surface area contributed by atoms with Gasteiger partial charge in [0.1, 0.15) is 6.29 Å². The summed E-state index contributed by atoms with van der Waals surface area (Å²) in [6.45, 7) is 38.4. The van der Waals surface area contributed by atoms with Gasteiger partial charge in [-0.3, -0.25) is 0 Å². The van der Waals surface area contributed by atoms with Crippen molar-refractivity contribution in [3.63, 3.8) is 0 Å². The Labute approximate surface area is 818 Å². The standard InChI is InChI=1S/3C30H46O2.C24H40O2.C6H5.BrH.Mg/c3*1-5-30(32)18-17-28(3)22(19-30)11-12-23-25-14-13-24(29(25,4)16-15-26(23)28)20(2)27(31)21-9-7-6-8-10-21;1-5-24(26)13-12-22(3)17(14-24)6-7-18-20-9-8-19(16(2)15-25)23(20,4)11-10-21(18)22;1-2-4-6-5-3-1;;/h3*6-10,20,22-27,31-32H,5,11-19H2,1-4H3;15-21,26H,5-14H2,1-4H3;1-5H;1H;/q;;;;-1;;+2/p-1/t20-,22-,23-,24+,25-,26-,27+,28-,29+,30-;2*20-,22-,23-,24+,25-,26-,27-,28-,29+,30-;16-,17+,18+,19-,20+,21+,22+,23-,24+;;;/m0001.../s1. The normalized spacial score (nSPS) is 46.6. The fourth-order valence-electron chi connectivity index (χ4n) is 38.1. The van der Waals surface area contributed by atoms with Crippen LogP contribution in [-0.4, -0.2) is 87.5 Å². The first-order valence-corrected chi connectivity index (χ1v) is 54.4. The third kappa shape index (κ3) is 18.8. The number of rotatable bonds is 15. The molecule has 20 rings (SSSR count). The molecule has 0 bridgehead atoms. The number of aliphatic hydroxyl groups excluding tert-OH is 3. The van der Waals surface area contributed by atoms with E-state index in [1.165, 1.54) is 186 Å². The summed E-state index contributed by atoms with van der Waals surface area (Å²) in [5.41, 5.74) is 4.90. The van der Waals surface area contributed by atoms with Gasteiger partial charge in [0.25, 0.3) is 0 Å². The molecule has 0 amide bonds. The van der Waals surface area contributed by atoms with Crippen molar-refractivity contribution in [1.29, 1.82) is 0 Å². The number of benzene rings is 4. The van der Waals surface area contributed by atoms with Gasteiger partial charge in [0.05, 0.1) is 40.7 Å². The smallest absolute Gasteiger partial charge is 1.00 e. The number of carbonyl (C=O) groups is 1. The predicted molar refractivity (Wildman–Crippen MR) is 530 cm³/mol. The van der Waals surface area contributed by atoms with E-state index in [1.807, 2.05) is 48.5 Å². The van der Waals surface area contributed by atoms with Gasteiger partial charge in [0.2, 0.25) is 0 Å². The van der Waals surface area contributed by atoms with Crippen LogP contribution in [-0.2, 0) is 4.79 Å². The summed E-state index contributed by atoms with van der Waals surface area (Å²) in [6.07, 6.45) is 48.9. The van der Waals surface area contributed by atoms with Crippen LogP contribution < -0.4 is 17.0 Å². The van der Waals surface area contributed by atoms with Crippen LogP contribution in [0.5, 0.6) is 0 Å². The van der Waals surface area contributed by atoms with Crippen molar-refractivity contribution in [3.05, 3.63) is 144 Å². The predicted octanol–water partition coefficient (Wildman–Crippen LogP) is 25.2. The second-order valence-corrected chi connectivity index (χ2v) is 50.9. The summed E-state index contributed by atoms with van der Waals surface area (Å²) in [7, 11) is 0. The van der Waals surface area contributed by atoms with Gasteiger partial charge in [-0.25, -0.2) is 0 Å². The number of aldehydes is 1. The van der Waals surface area contributed by atoms with E-state index >= 15 is 0 Å². The molecule has 0 saturated heterocycles. The summed E-state index contributed by atoms with van der Waals surface area (Å²) >= 11 is 0. The van der Waals surface area contributed by atoms with Gasteiger partial charge in [-0.2, -0.15) is 36.4 Å². The van der Waals surface area contributed by atoms with E-state index in [2.05, 4.69) is 190 Å². The van der Waals surface area contributed by atoms with E-state index in [4.69, 9.17) is 0 Å². The van der Waals surface area contributed by atoms with Crippen molar-refractivity contribution in [3.8, 4) is 0 Å². The first kappa shape index (κ1) is 103. The van der Waals surface area contributed by atoms with Gasteiger partial charge >= 0.3 is 23.1 Å². The summed E-state index contributed by atoms with van der Waals surface area (Å²) in [5, 5.41) is 77.7. The molecule has 0 aromatic heterocycles. The molecule has 0 heterocycles. The van der Waals surface area contributed by atoms with Gasteiger partial charge < -0.3 is 57.5 Å². The Morgan fingerprint density at radius 3 is 0.738 bits per heavy atom. The average molecular weight is 1860 g/mol. The minimum atomic E-state index is -0.401. The largest absolute Gasteiger partial charge is 2.00 e. The molecule has 0 radical (unpaired) electrons. The molecule has 4 aromatic rings. The van der Waals surface area contributed by atoms with Crippen molar-refractivity contribution < 1.29 is 57.5 Å².